The highest BCUT2D eigenvalue weighted by molar-refractivity contribution is 9.10. The molecule has 3 heterocycles. The largest absolute Gasteiger partial charge is 0.497 e. The highest BCUT2D eigenvalue weighted by Crippen LogP contribution is 2.28. The average molecular weight is 668 g/mol. The summed E-state index contributed by atoms with van der Waals surface area (Å²) in [7, 11) is -2.20. The molecule has 1 aliphatic heterocycles. The minimum absolute atomic E-state index is 0.115. The fourth-order valence-corrected chi connectivity index (χ4v) is 6.97. The Morgan fingerprint density at radius 2 is 1.81 bits per heavy atom. The third kappa shape index (κ3) is 5.01. The number of nitrogens with zero attached hydrogens (tertiary/aromatic N) is 4. The molecular formula is C30H24BrClN4O5S. The Morgan fingerprint density at radius 1 is 1.07 bits per heavy atom. The number of amides is 1. The summed E-state index contributed by atoms with van der Waals surface area (Å²) in [5.74, 6) is 0.0134. The Morgan fingerprint density at radius 3 is 2.50 bits per heavy atom. The van der Waals surface area contributed by atoms with Crippen LogP contribution in [-0.4, -0.2) is 47.1 Å². The summed E-state index contributed by atoms with van der Waals surface area (Å²) >= 11 is 9.59. The maximum absolute atomic E-state index is 14.1. The highest BCUT2D eigenvalue weighted by Gasteiger charge is 2.30. The predicted molar refractivity (Wildman–Crippen MR) is 162 cm³/mol. The molecule has 0 N–H and O–H groups in total. The Bertz CT molecular complexity index is 2010. The zero-order valence-corrected chi connectivity index (χ0v) is 25.5. The monoisotopic (exact) mass is 666 g/mol. The zero-order valence-electron chi connectivity index (χ0n) is 22.3. The number of methoxy groups -OCH3 is 1. The summed E-state index contributed by atoms with van der Waals surface area (Å²) in [6.45, 7) is 0.434. The first kappa shape index (κ1) is 28.2. The van der Waals surface area contributed by atoms with Gasteiger partial charge in [0.15, 0.2) is 9.84 Å². The standard InChI is InChI=1S/C30H24BrClN4O5S/c1-41-22-10-8-21(9-11-22)35-28-20(18-42(39,40)23-5-3-2-4-6-23)16-33-36(28)27-17-34(14-13-24(27)30(35)38)29(37)19-7-12-25(31)26(32)15-19/h2-12,15-16H,13-14,17-18H2,1H3. The van der Waals surface area contributed by atoms with Gasteiger partial charge in [0.2, 0.25) is 0 Å². The molecule has 5 aromatic rings. The third-order valence-electron chi connectivity index (χ3n) is 7.30. The number of carbonyl (C=O) groups excluding carboxylic acids is 1. The van der Waals surface area contributed by atoms with Gasteiger partial charge in [-0.15, -0.1) is 0 Å². The van der Waals surface area contributed by atoms with Gasteiger partial charge in [-0.1, -0.05) is 29.8 Å². The van der Waals surface area contributed by atoms with E-state index in [1.165, 1.54) is 22.9 Å². The zero-order chi connectivity index (χ0) is 29.6. The number of fused-ring (bicyclic) bond motifs is 3. The fourth-order valence-electron chi connectivity index (χ4n) is 5.19. The predicted octanol–water partition coefficient (Wildman–Crippen LogP) is 5.08. The molecule has 0 atom stereocenters. The van der Waals surface area contributed by atoms with Crippen molar-refractivity contribution in [3.05, 3.63) is 121 Å². The molecule has 3 aromatic carbocycles. The SMILES string of the molecule is COc1ccc(-n2c(=O)c3c(n4ncc(CS(=O)(=O)c5ccccc5)c24)CN(C(=O)c2ccc(Br)c(Cl)c2)CC3)cc1. The van der Waals surface area contributed by atoms with Crippen molar-refractivity contribution in [1.29, 1.82) is 0 Å². The van der Waals surface area contributed by atoms with Crippen LogP contribution in [0, 0.1) is 0 Å². The summed E-state index contributed by atoms with van der Waals surface area (Å²) in [6, 6.07) is 20.1. The number of ether oxygens (including phenoxy) is 1. The number of halogens is 2. The van der Waals surface area contributed by atoms with Crippen LogP contribution in [0.3, 0.4) is 0 Å². The van der Waals surface area contributed by atoms with E-state index in [1.807, 2.05) is 0 Å². The molecule has 12 heteroatoms. The van der Waals surface area contributed by atoms with Gasteiger partial charge in [0.1, 0.15) is 11.4 Å². The molecule has 0 bridgehead atoms. The van der Waals surface area contributed by atoms with E-state index in [0.717, 1.165) is 0 Å². The van der Waals surface area contributed by atoms with Crippen molar-refractivity contribution in [2.45, 2.75) is 23.6 Å². The van der Waals surface area contributed by atoms with Crippen LogP contribution >= 0.6 is 27.5 Å². The van der Waals surface area contributed by atoms with Crippen molar-refractivity contribution < 1.29 is 17.9 Å². The van der Waals surface area contributed by atoms with Gasteiger partial charge >= 0.3 is 0 Å². The van der Waals surface area contributed by atoms with E-state index in [1.54, 1.807) is 77.2 Å². The van der Waals surface area contributed by atoms with E-state index in [4.69, 9.17) is 16.3 Å². The van der Waals surface area contributed by atoms with Crippen molar-refractivity contribution in [3.63, 3.8) is 0 Å². The van der Waals surface area contributed by atoms with Crippen LogP contribution in [-0.2, 0) is 28.6 Å². The van der Waals surface area contributed by atoms with E-state index < -0.39 is 9.84 Å². The van der Waals surface area contributed by atoms with E-state index >= 15 is 0 Å². The normalized spacial score (nSPS) is 13.3. The highest BCUT2D eigenvalue weighted by atomic mass is 79.9. The molecule has 0 saturated carbocycles. The van der Waals surface area contributed by atoms with E-state index in [0.29, 0.717) is 61.9 Å². The van der Waals surface area contributed by atoms with Crippen LogP contribution < -0.4 is 10.3 Å². The van der Waals surface area contributed by atoms with Crippen molar-refractivity contribution in [1.82, 2.24) is 19.1 Å². The summed E-state index contributed by atoms with van der Waals surface area (Å²) in [5, 5.41) is 4.98. The van der Waals surface area contributed by atoms with Crippen molar-refractivity contribution in [2.75, 3.05) is 13.7 Å². The van der Waals surface area contributed by atoms with Gasteiger partial charge in [-0.25, -0.2) is 12.9 Å². The van der Waals surface area contributed by atoms with Gasteiger partial charge in [-0.3, -0.25) is 14.2 Å². The molecule has 1 aliphatic rings. The topological polar surface area (TPSA) is 103 Å². The first-order valence-electron chi connectivity index (χ1n) is 13.0. The second-order valence-electron chi connectivity index (χ2n) is 9.85. The Labute approximate surface area is 255 Å². The van der Waals surface area contributed by atoms with Crippen LogP contribution in [0.5, 0.6) is 5.75 Å². The van der Waals surface area contributed by atoms with Crippen molar-refractivity contribution >= 4 is 48.9 Å². The minimum atomic E-state index is -3.76. The summed E-state index contributed by atoms with van der Waals surface area (Å²) in [5.41, 5.74) is 2.39. The second-order valence-corrected chi connectivity index (χ2v) is 13.1. The minimum Gasteiger partial charge on any atom is -0.497 e. The molecule has 1 amide bonds. The maximum Gasteiger partial charge on any atom is 0.261 e. The first-order chi connectivity index (χ1) is 20.2. The molecule has 42 heavy (non-hydrogen) atoms. The number of hydrogen-bond acceptors (Lipinski definition) is 6. The molecule has 0 fully saturated rings. The number of benzene rings is 3. The number of carbonyl (C=O) groups is 1. The fraction of sp³-hybridized carbons (Fsp3) is 0.167. The number of rotatable bonds is 6. The Balaban J connectivity index is 1.50. The van der Waals surface area contributed by atoms with Crippen LogP contribution in [0.15, 0.2) is 93.2 Å². The van der Waals surface area contributed by atoms with Crippen LogP contribution in [0.25, 0.3) is 11.3 Å². The molecule has 0 radical (unpaired) electrons. The van der Waals surface area contributed by atoms with Gasteiger partial charge in [0, 0.05) is 27.7 Å². The van der Waals surface area contributed by atoms with E-state index in [9.17, 15) is 18.0 Å². The van der Waals surface area contributed by atoms with Crippen LogP contribution in [0.4, 0.5) is 0 Å². The molecular weight excluding hydrogens is 644 g/mol. The lowest BCUT2D eigenvalue weighted by atomic mass is 10.0. The summed E-state index contributed by atoms with van der Waals surface area (Å²) in [6.07, 6.45) is 1.78. The lowest BCUT2D eigenvalue weighted by Gasteiger charge is -2.29. The lowest BCUT2D eigenvalue weighted by Crippen LogP contribution is -2.41. The average Bonchev–Trinajstić information content (AvgIpc) is 3.41. The summed E-state index contributed by atoms with van der Waals surface area (Å²) < 4.78 is 35.8. The molecule has 0 spiro atoms. The van der Waals surface area contributed by atoms with E-state index in [-0.39, 0.29) is 28.7 Å². The van der Waals surface area contributed by atoms with Gasteiger partial charge < -0.3 is 9.64 Å². The Kier molecular flexibility index (Phi) is 7.42. The van der Waals surface area contributed by atoms with Gasteiger partial charge in [0.05, 0.1) is 46.9 Å². The van der Waals surface area contributed by atoms with Gasteiger partial charge in [-0.2, -0.15) is 5.10 Å². The quantitative estimate of drug-likeness (QED) is 0.250. The smallest absolute Gasteiger partial charge is 0.261 e. The van der Waals surface area contributed by atoms with Crippen LogP contribution in [0.2, 0.25) is 5.02 Å². The molecule has 0 saturated heterocycles. The molecule has 9 nitrogen and oxygen atoms in total. The number of aromatic nitrogens is 3. The summed E-state index contributed by atoms with van der Waals surface area (Å²) in [4.78, 5) is 29.4. The van der Waals surface area contributed by atoms with Crippen molar-refractivity contribution in [3.8, 4) is 11.4 Å². The number of sulfone groups is 1. The molecule has 214 valence electrons. The Hall–Kier alpha value is -3.93. The first-order valence-corrected chi connectivity index (χ1v) is 15.8. The maximum atomic E-state index is 14.1. The van der Waals surface area contributed by atoms with Gasteiger partial charge in [0.25, 0.3) is 11.5 Å². The molecule has 2 aromatic heterocycles. The second kappa shape index (κ2) is 11.0. The molecule has 6 rings (SSSR count). The molecule has 0 aliphatic carbocycles. The number of hydrogen-bond donors (Lipinski definition) is 0. The van der Waals surface area contributed by atoms with Crippen molar-refractivity contribution in [2.24, 2.45) is 0 Å². The lowest BCUT2D eigenvalue weighted by molar-refractivity contribution is 0.0729. The third-order valence-corrected chi connectivity index (χ3v) is 10.2. The molecule has 0 unspecified atom stereocenters. The van der Waals surface area contributed by atoms with Gasteiger partial charge in [-0.05, 0) is 76.9 Å². The van der Waals surface area contributed by atoms with Crippen LogP contribution in [0.1, 0.15) is 27.2 Å². The van der Waals surface area contributed by atoms with E-state index in [2.05, 4.69) is 21.0 Å².